The molecule has 0 aliphatic rings. The average molecular weight is 318 g/mol. The highest BCUT2D eigenvalue weighted by Gasteiger charge is 2.42. The molecule has 6 heteroatoms. The van der Waals surface area contributed by atoms with Crippen molar-refractivity contribution in [2.75, 3.05) is 27.4 Å². The predicted molar refractivity (Wildman–Crippen MR) is 82.5 cm³/mol. The Morgan fingerprint density at radius 1 is 0.909 bits per heavy atom. The van der Waals surface area contributed by atoms with Crippen LogP contribution in [0.2, 0.25) is 0 Å². The molecule has 2 atom stereocenters. The van der Waals surface area contributed by atoms with Crippen molar-refractivity contribution < 1.29 is 28.5 Å². The number of esters is 2. The largest absolute Gasteiger partial charge is 0.465 e. The van der Waals surface area contributed by atoms with E-state index in [4.69, 9.17) is 18.9 Å². The smallest absolute Gasteiger partial charge is 0.323 e. The van der Waals surface area contributed by atoms with Gasteiger partial charge < -0.3 is 18.9 Å². The van der Waals surface area contributed by atoms with Crippen LogP contribution in [0.4, 0.5) is 0 Å². The monoisotopic (exact) mass is 318 g/mol. The van der Waals surface area contributed by atoms with E-state index in [1.165, 1.54) is 0 Å². The lowest BCUT2D eigenvalue weighted by molar-refractivity contribution is -0.172. The van der Waals surface area contributed by atoms with Crippen molar-refractivity contribution in [1.29, 1.82) is 0 Å². The SMILES string of the molecule is CCC(C)(C(=O)OCCC(C)OC)C(=O)OCCC(C)OC. The third-order valence-corrected chi connectivity index (χ3v) is 3.93. The Labute approximate surface area is 133 Å². The van der Waals surface area contributed by atoms with Gasteiger partial charge in [-0.1, -0.05) is 6.92 Å². The second-order valence-electron chi connectivity index (χ2n) is 5.63. The number of methoxy groups -OCH3 is 2. The van der Waals surface area contributed by atoms with Crippen molar-refractivity contribution in [3.8, 4) is 0 Å². The molecular formula is C16H30O6. The van der Waals surface area contributed by atoms with Gasteiger partial charge in [0, 0.05) is 27.1 Å². The molecule has 0 saturated carbocycles. The number of carbonyl (C=O) groups is 2. The molecule has 22 heavy (non-hydrogen) atoms. The molecule has 2 unspecified atom stereocenters. The number of hydrogen-bond donors (Lipinski definition) is 0. The van der Waals surface area contributed by atoms with Gasteiger partial charge in [-0.05, 0) is 27.2 Å². The van der Waals surface area contributed by atoms with E-state index in [1.807, 2.05) is 13.8 Å². The Kier molecular flexibility index (Phi) is 10.0. The van der Waals surface area contributed by atoms with Crippen LogP contribution in [0.3, 0.4) is 0 Å². The molecule has 0 aliphatic carbocycles. The molecule has 6 nitrogen and oxygen atoms in total. The Hall–Kier alpha value is -1.14. The summed E-state index contributed by atoms with van der Waals surface area (Å²) in [6, 6.07) is 0. The topological polar surface area (TPSA) is 71.1 Å². The molecule has 130 valence electrons. The van der Waals surface area contributed by atoms with Gasteiger partial charge in [-0.2, -0.15) is 0 Å². The zero-order chi connectivity index (χ0) is 17.2. The van der Waals surface area contributed by atoms with Gasteiger partial charge in [0.1, 0.15) is 0 Å². The van der Waals surface area contributed by atoms with E-state index in [1.54, 1.807) is 28.1 Å². The van der Waals surface area contributed by atoms with Gasteiger partial charge in [-0.25, -0.2) is 0 Å². The Balaban J connectivity index is 4.40. The van der Waals surface area contributed by atoms with Crippen LogP contribution in [0, 0.1) is 5.41 Å². The van der Waals surface area contributed by atoms with E-state index >= 15 is 0 Å². The number of rotatable bonds is 11. The summed E-state index contributed by atoms with van der Waals surface area (Å²) in [7, 11) is 3.20. The first-order chi connectivity index (χ1) is 10.3. The van der Waals surface area contributed by atoms with Gasteiger partial charge in [0.25, 0.3) is 0 Å². The molecule has 0 amide bonds. The van der Waals surface area contributed by atoms with Gasteiger partial charge in [-0.3, -0.25) is 9.59 Å². The maximum Gasteiger partial charge on any atom is 0.323 e. The van der Waals surface area contributed by atoms with Crippen LogP contribution < -0.4 is 0 Å². The molecule has 0 aromatic carbocycles. The van der Waals surface area contributed by atoms with Crippen molar-refractivity contribution >= 4 is 11.9 Å². The standard InChI is InChI=1S/C16H30O6/c1-7-16(4,14(17)21-10-8-12(2)19-5)15(18)22-11-9-13(3)20-6/h12-13H,7-11H2,1-6H3. The summed E-state index contributed by atoms with van der Waals surface area (Å²) < 4.78 is 20.6. The average Bonchev–Trinajstić information content (AvgIpc) is 2.52. The van der Waals surface area contributed by atoms with E-state index in [9.17, 15) is 9.59 Å². The van der Waals surface area contributed by atoms with Crippen LogP contribution in [0.15, 0.2) is 0 Å². The van der Waals surface area contributed by atoms with Crippen LogP contribution in [0.1, 0.15) is 47.0 Å². The van der Waals surface area contributed by atoms with Crippen molar-refractivity contribution in [1.82, 2.24) is 0 Å². The van der Waals surface area contributed by atoms with Crippen molar-refractivity contribution in [3.63, 3.8) is 0 Å². The summed E-state index contributed by atoms with van der Waals surface area (Å²) in [5.74, 6) is -1.11. The summed E-state index contributed by atoms with van der Waals surface area (Å²) in [6.07, 6.45) is 1.50. The molecule has 0 fully saturated rings. The van der Waals surface area contributed by atoms with Crippen LogP contribution in [0.25, 0.3) is 0 Å². The van der Waals surface area contributed by atoms with E-state index < -0.39 is 17.4 Å². The van der Waals surface area contributed by atoms with E-state index in [2.05, 4.69) is 0 Å². The second-order valence-corrected chi connectivity index (χ2v) is 5.63. The van der Waals surface area contributed by atoms with Crippen molar-refractivity contribution in [2.24, 2.45) is 5.41 Å². The molecule has 0 rings (SSSR count). The summed E-state index contributed by atoms with van der Waals surface area (Å²) in [4.78, 5) is 24.3. The fourth-order valence-electron chi connectivity index (χ4n) is 1.56. The van der Waals surface area contributed by atoms with Crippen LogP contribution in [-0.4, -0.2) is 51.6 Å². The molecule has 0 spiro atoms. The quantitative estimate of drug-likeness (QED) is 0.430. The molecule has 0 heterocycles. The lowest BCUT2D eigenvalue weighted by Gasteiger charge is -2.24. The van der Waals surface area contributed by atoms with E-state index in [-0.39, 0.29) is 25.4 Å². The van der Waals surface area contributed by atoms with Crippen LogP contribution in [0.5, 0.6) is 0 Å². The summed E-state index contributed by atoms with van der Waals surface area (Å²) >= 11 is 0. The Morgan fingerprint density at radius 3 is 1.55 bits per heavy atom. The highest BCUT2D eigenvalue weighted by molar-refractivity contribution is 5.99. The summed E-state index contributed by atoms with van der Waals surface area (Å²) in [5.41, 5.74) is -1.27. The fourth-order valence-corrected chi connectivity index (χ4v) is 1.56. The Bertz CT molecular complexity index is 314. The van der Waals surface area contributed by atoms with Gasteiger partial charge in [0.05, 0.1) is 25.4 Å². The molecule has 0 radical (unpaired) electrons. The maximum absolute atomic E-state index is 12.2. The number of hydrogen-bond acceptors (Lipinski definition) is 6. The van der Waals surface area contributed by atoms with Gasteiger partial charge in [-0.15, -0.1) is 0 Å². The fraction of sp³-hybridized carbons (Fsp3) is 0.875. The molecule has 0 saturated heterocycles. The van der Waals surface area contributed by atoms with Crippen molar-refractivity contribution in [2.45, 2.75) is 59.2 Å². The Morgan fingerprint density at radius 2 is 1.27 bits per heavy atom. The first-order valence-corrected chi connectivity index (χ1v) is 7.71. The highest BCUT2D eigenvalue weighted by Crippen LogP contribution is 2.25. The number of carbonyl (C=O) groups excluding carboxylic acids is 2. The van der Waals surface area contributed by atoms with E-state index in [0.29, 0.717) is 19.3 Å². The predicted octanol–water partition coefficient (Wildman–Crippen LogP) is 2.34. The summed E-state index contributed by atoms with van der Waals surface area (Å²) in [5, 5.41) is 0. The first kappa shape index (κ1) is 20.9. The lowest BCUT2D eigenvalue weighted by atomic mass is 9.88. The second kappa shape index (κ2) is 10.6. The molecule has 0 aromatic heterocycles. The minimum Gasteiger partial charge on any atom is -0.465 e. The van der Waals surface area contributed by atoms with Crippen LogP contribution in [-0.2, 0) is 28.5 Å². The highest BCUT2D eigenvalue weighted by atomic mass is 16.6. The molecule has 0 aromatic rings. The maximum atomic E-state index is 12.2. The van der Waals surface area contributed by atoms with Crippen molar-refractivity contribution in [3.05, 3.63) is 0 Å². The molecule has 0 N–H and O–H groups in total. The minimum absolute atomic E-state index is 0.00293. The zero-order valence-corrected chi connectivity index (χ0v) is 14.6. The van der Waals surface area contributed by atoms with E-state index in [0.717, 1.165) is 0 Å². The number of ether oxygens (including phenoxy) is 4. The molecule has 0 aliphatic heterocycles. The zero-order valence-electron chi connectivity index (χ0n) is 14.6. The lowest BCUT2D eigenvalue weighted by Crippen LogP contribution is -2.39. The summed E-state index contributed by atoms with van der Waals surface area (Å²) in [6.45, 7) is 7.53. The third kappa shape index (κ3) is 6.75. The minimum atomic E-state index is -1.27. The van der Waals surface area contributed by atoms with Gasteiger partial charge >= 0.3 is 11.9 Å². The van der Waals surface area contributed by atoms with Crippen LogP contribution >= 0.6 is 0 Å². The third-order valence-electron chi connectivity index (χ3n) is 3.93. The first-order valence-electron chi connectivity index (χ1n) is 7.71. The molecule has 0 bridgehead atoms. The van der Waals surface area contributed by atoms with Gasteiger partial charge in [0.15, 0.2) is 5.41 Å². The van der Waals surface area contributed by atoms with Gasteiger partial charge in [0.2, 0.25) is 0 Å². The molecular weight excluding hydrogens is 288 g/mol. The normalized spacial score (nSPS) is 16.5.